The first-order valence-corrected chi connectivity index (χ1v) is 10.4. The number of amides is 1. The molecule has 0 aliphatic carbocycles. The Hall–Kier alpha value is -2.68. The van der Waals surface area contributed by atoms with E-state index in [2.05, 4.69) is 15.3 Å². The maximum absolute atomic E-state index is 12.7. The van der Waals surface area contributed by atoms with Crippen LogP contribution in [0.5, 0.6) is 0 Å². The van der Waals surface area contributed by atoms with Crippen LogP contribution in [0.4, 0.5) is 5.13 Å². The third kappa shape index (κ3) is 5.08. The van der Waals surface area contributed by atoms with Crippen molar-refractivity contribution in [1.29, 1.82) is 0 Å². The summed E-state index contributed by atoms with van der Waals surface area (Å²) >= 11 is 7.59. The minimum absolute atomic E-state index is 0.147. The summed E-state index contributed by atoms with van der Waals surface area (Å²) in [6.45, 7) is 3.88. The van der Waals surface area contributed by atoms with E-state index >= 15 is 0 Å². The lowest BCUT2D eigenvalue weighted by Crippen LogP contribution is -2.14. The highest BCUT2D eigenvalue weighted by Gasteiger charge is 2.23. The number of hydrogen-bond acceptors (Lipinski definition) is 6. The largest absolute Gasteiger partial charge is 0.460 e. The summed E-state index contributed by atoms with van der Waals surface area (Å²) in [5.74, 6) is -0.862. The average molecular weight is 448 g/mol. The molecule has 158 valence electrons. The number of aryl methyl sites for hydroxylation is 1. The zero-order valence-corrected chi connectivity index (χ0v) is 18.4. The smallest absolute Gasteiger partial charge is 0.340 e. The second-order valence-electron chi connectivity index (χ2n) is 6.61. The Labute approximate surface area is 183 Å². The quantitative estimate of drug-likeness (QED) is 0.394. The number of ether oxygens (including phenoxy) is 2. The number of aromatic nitrogens is 2. The molecule has 30 heavy (non-hydrogen) atoms. The van der Waals surface area contributed by atoms with E-state index in [0.717, 1.165) is 10.4 Å². The summed E-state index contributed by atoms with van der Waals surface area (Å²) in [5, 5.41) is 3.95. The van der Waals surface area contributed by atoms with Crippen LogP contribution < -0.4 is 5.32 Å². The highest BCUT2D eigenvalue weighted by Crippen LogP contribution is 2.26. The fraction of sp³-hybridized carbons (Fsp3) is 0.286. The predicted octanol–water partition coefficient (Wildman–Crippen LogP) is 4.39. The van der Waals surface area contributed by atoms with Crippen LogP contribution in [0.3, 0.4) is 0 Å². The Bertz CT molecular complexity index is 1060. The lowest BCUT2D eigenvalue weighted by atomic mass is 10.1. The number of rotatable bonds is 8. The van der Waals surface area contributed by atoms with E-state index in [1.165, 1.54) is 18.4 Å². The molecule has 7 nitrogen and oxygen atoms in total. The van der Waals surface area contributed by atoms with E-state index in [1.54, 1.807) is 20.0 Å². The van der Waals surface area contributed by atoms with Crippen LogP contribution in [0, 0.1) is 13.8 Å². The van der Waals surface area contributed by atoms with Gasteiger partial charge >= 0.3 is 5.97 Å². The molecule has 3 rings (SSSR count). The molecule has 0 bridgehead atoms. The number of H-pyrrole nitrogens is 1. The minimum Gasteiger partial charge on any atom is -0.460 e. The second kappa shape index (κ2) is 9.88. The van der Waals surface area contributed by atoms with Gasteiger partial charge in [-0.25, -0.2) is 9.78 Å². The van der Waals surface area contributed by atoms with E-state index in [1.807, 2.05) is 24.3 Å². The molecular weight excluding hydrogens is 426 g/mol. The zero-order valence-electron chi connectivity index (χ0n) is 16.9. The Morgan fingerprint density at radius 2 is 2.00 bits per heavy atom. The number of thiazole rings is 1. The molecule has 0 saturated carbocycles. The van der Waals surface area contributed by atoms with Gasteiger partial charge in [-0.05, 0) is 31.0 Å². The van der Waals surface area contributed by atoms with Gasteiger partial charge in [-0.15, -0.1) is 11.3 Å². The summed E-state index contributed by atoms with van der Waals surface area (Å²) in [6.07, 6.45) is 2.35. The summed E-state index contributed by atoms with van der Waals surface area (Å²) < 4.78 is 10.1. The van der Waals surface area contributed by atoms with Gasteiger partial charge in [0.1, 0.15) is 12.3 Å². The molecule has 0 atom stereocenters. The molecule has 0 saturated heterocycles. The number of hydrogen-bond donors (Lipinski definition) is 2. The molecule has 2 heterocycles. The maximum Gasteiger partial charge on any atom is 0.340 e. The first-order chi connectivity index (χ1) is 14.4. The van der Waals surface area contributed by atoms with Crippen LogP contribution in [0.15, 0.2) is 30.5 Å². The van der Waals surface area contributed by atoms with Crippen LogP contribution in [-0.4, -0.2) is 42.2 Å². The van der Waals surface area contributed by atoms with Crippen LogP contribution >= 0.6 is 22.9 Å². The number of nitrogens with one attached hydrogen (secondary N) is 2. The topological polar surface area (TPSA) is 93.3 Å². The van der Waals surface area contributed by atoms with E-state index in [0.29, 0.717) is 45.7 Å². The monoisotopic (exact) mass is 447 g/mol. The number of methoxy groups -OCH3 is 1. The van der Waals surface area contributed by atoms with Crippen LogP contribution in [-0.2, 0) is 15.9 Å². The second-order valence-corrected chi connectivity index (χ2v) is 8.13. The molecule has 0 unspecified atom stereocenters. The standard InChI is InChI=1S/C21H22ClN3O4S/c1-12-17(20(27)29-9-8-28-3)13(2)24-18(12)19(26)25-21-23-11-15(30-21)10-14-6-4-5-7-16(14)22/h4-7,11,24H,8-10H2,1-3H3,(H,23,25,26). The van der Waals surface area contributed by atoms with Gasteiger partial charge in [0.05, 0.1) is 12.2 Å². The van der Waals surface area contributed by atoms with E-state index in [-0.39, 0.29) is 12.5 Å². The van der Waals surface area contributed by atoms with Crippen LogP contribution in [0.1, 0.15) is 42.5 Å². The van der Waals surface area contributed by atoms with Gasteiger partial charge < -0.3 is 14.5 Å². The van der Waals surface area contributed by atoms with Crippen molar-refractivity contribution in [3.63, 3.8) is 0 Å². The van der Waals surface area contributed by atoms with Gasteiger partial charge in [-0.1, -0.05) is 29.8 Å². The molecule has 1 amide bonds. The number of aromatic amines is 1. The highest BCUT2D eigenvalue weighted by atomic mass is 35.5. The van der Waals surface area contributed by atoms with Gasteiger partial charge in [0.2, 0.25) is 0 Å². The van der Waals surface area contributed by atoms with Crippen LogP contribution in [0.2, 0.25) is 5.02 Å². The lowest BCUT2D eigenvalue weighted by molar-refractivity contribution is 0.0387. The molecule has 9 heteroatoms. The number of benzene rings is 1. The van der Waals surface area contributed by atoms with Gasteiger partial charge in [-0.3, -0.25) is 10.1 Å². The Balaban J connectivity index is 1.69. The Kier molecular flexibility index (Phi) is 7.25. The summed E-state index contributed by atoms with van der Waals surface area (Å²) in [6, 6.07) is 7.61. The van der Waals surface area contributed by atoms with Gasteiger partial charge in [0.25, 0.3) is 5.91 Å². The normalized spacial score (nSPS) is 10.8. The van der Waals surface area contributed by atoms with E-state index < -0.39 is 5.97 Å². The van der Waals surface area contributed by atoms with E-state index in [9.17, 15) is 9.59 Å². The van der Waals surface area contributed by atoms with Crippen molar-refractivity contribution in [2.45, 2.75) is 20.3 Å². The number of carbonyl (C=O) groups excluding carboxylic acids is 2. The first kappa shape index (κ1) is 22.0. The average Bonchev–Trinajstić information content (AvgIpc) is 3.27. The van der Waals surface area contributed by atoms with Gasteiger partial charge in [0.15, 0.2) is 5.13 Å². The molecule has 0 radical (unpaired) electrons. The van der Waals surface area contributed by atoms with Crippen LogP contribution in [0.25, 0.3) is 0 Å². The number of esters is 1. The third-order valence-electron chi connectivity index (χ3n) is 4.49. The van der Waals surface area contributed by atoms with Crippen molar-refractivity contribution in [2.24, 2.45) is 0 Å². The number of nitrogens with zero attached hydrogens (tertiary/aromatic N) is 1. The van der Waals surface area contributed by atoms with Crippen molar-refractivity contribution in [1.82, 2.24) is 9.97 Å². The fourth-order valence-corrected chi connectivity index (χ4v) is 4.04. The Morgan fingerprint density at radius 1 is 1.23 bits per heavy atom. The zero-order chi connectivity index (χ0) is 21.7. The molecule has 2 aromatic heterocycles. The van der Waals surface area contributed by atoms with Crippen molar-refractivity contribution in [3.8, 4) is 0 Å². The van der Waals surface area contributed by atoms with Gasteiger partial charge in [-0.2, -0.15) is 0 Å². The highest BCUT2D eigenvalue weighted by molar-refractivity contribution is 7.15. The SMILES string of the molecule is COCCOC(=O)c1c(C)[nH]c(C(=O)Nc2ncc(Cc3ccccc3Cl)s2)c1C. The number of carbonyl (C=O) groups is 2. The molecule has 1 aromatic carbocycles. The summed E-state index contributed by atoms with van der Waals surface area (Å²) in [4.78, 5) is 33.3. The maximum atomic E-state index is 12.7. The molecular formula is C21H22ClN3O4S. The minimum atomic E-state index is -0.492. The van der Waals surface area contributed by atoms with Crippen molar-refractivity contribution in [3.05, 3.63) is 68.4 Å². The van der Waals surface area contributed by atoms with Crippen molar-refractivity contribution < 1.29 is 19.1 Å². The fourth-order valence-electron chi connectivity index (χ4n) is 3.01. The van der Waals surface area contributed by atoms with E-state index in [4.69, 9.17) is 21.1 Å². The number of halogens is 1. The molecule has 0 fully saturated rings. The molecule has 2 N–H and O–H groups in total. The van der Waals surface area contributed by atoms with Crippen molar-refractivity contribution >= 4 is 39.9 Å². The number of anilines is 1. The molecule has 0 spiro atoms. The first-order valence-electron chi connectivity index (χ1n) is 9.25. The summed E-state index contributed by atoms with van der Waals surface area (Å²) in [5.41, 5.74) is 2.75. The Morgan fingerprint density at radius 3 is 2.73 bits per heavy atom. The predicted molar refractivity (Wildman–Crippen MR) is 117 cm³/mol. The third-order valence-corrected chi connectivity index (χ3v) is 5.77. The lowest BCUT2D eigenvalue weighted by Gasteiger charge is -2.05. The van der Waals surface area contributed by atoms with Gasteiger partial charge in [0, 0.05) is 35.3 Å². The molecule has 0 aliphatic rings. The molecule has 3 aromatic rings. The molecule has 0 aliphatic heterocycles. The van der Waals surface area contributed by atoms with Crippen molar-refractivity contribution in [2.75, 3.05) is 25.6 Å². The summed E-state index contributed by atoms with van der Waals surface area (Å²) in [7, 11) is 1.53.